The van der Waals surface area contributed by atoms with Gasteiger partial charge in [-0.3, -0.25) is 9.59 Å². The third-order valence-electron chi connectivity index (χ3n) is 5.62. The molecule has 190 valence electrons. The average Bonchev–Trinajstić information content (AvgIpc) is 2.87. The van der Waals surface area contributed by atoms with Crippen LogP contribution in [0.3, 0.4) is 0 Å². The van der Waals surface area contributed by atoms with Crippen molar-refractivity contribution in [2.24, 2.45) is 0 Å². The number of benzene rings is 3. The number of nitrogens with one attached hydrogen (secondary N) is 1. The van der Waals surface area contributed by atoms with Crippen LogP contribution < -0.4 is 10.1 Å². The van der Waals surface area contributed by atoms with Crippen LogP contribution in [0.5, 0.6) is 5.75 Å². The third kappa shape index (κ3) is 8.41. The molecule has 1 N–H and O–H groups in total. The number of amides is 2. The number of thioether (sulfide) groups is 1. The first-order valence-corrected chi connectivity index (χ1v) is 13.1. The van der Waals surface area contributed by atoms with E-state index in [4.69, 9.17) is 4.74 Å². The number of rotatable bonds is 12. The van der Waals surface area contributed by atoms with E-state index in [2.05, 4.69) is 5.32 Å². The van der Waals surface area contributed by atoms with Gasteiger partial charge in [0, 0.05) is 24.8 Å². The van der Waals surface area contributed by atoms with Gasteiger partial charge in [0.25, 0.3) is 0 Å². The summed E-state index contributed by atoms with van der Waals surface area (Å²) in [4.78, 5) is 28.5. The molecule has 2 amide bonds. The molecule has 0 spiro atoms. The first-order valence-electron chi connectivity index (χ1n) is 11.9. The smallest absolute Gasteiger partial charge is 0.243 e. The summed E-state index contributed by atoms with van der Waals surface area (Å²) in [5.74, 6) is 0.965. The van der Waals surface area contributed by atoms with E-state index >= 15 is 0 Å². The van der Waals surface area contributed by atoms with Gasteiger partial charge < -0.3 is 15.0 Å². The van der Waals surface area contributed by atoms with Crippen LogP contribution in [0.25, 0.3) is 0 Å². The second kappa shape index (κ2) is 13.7. The van der Waals surface area contributed by atoms with Gasteiger partial charge in [0.1, 0.15) is 17.6 Å². The minimum Gasteiger partial charge on any atom is -0.497 e. The Labute approximate surface area is 217 Å². The molecule has 0 aliphatic rings. The normalized spacial score (nSPS) is 11.7. The molecule has 1 atom stereocenters. The van der Waals surface area contributed by atoms with Crippen LogP contribution in [0, 0.1) is 5.82 Å². The molecular weight excluding hydrogens is 475 g/mol. The van der Waals surface area contributed by atoms with Gasteiger partial charge >= 0.3 is 0 Å². The summed E-state index contributed by atoms with van der Waals surface area (Å²) in [5.41, 5.74) is 2.81. The van der Waals surface area contributed by atoms with Crippen molar-refractivity contribution in [3.05, 3.63) is 101 Å². The predicted octanol–water partition coefficient (Wildman–Crippen LogP) is 5.23. The SMILES string of the molecule is COc1ccc(CSCC(=O)N(Cc2ccc(F)cc2)[C@@H](Cc2ccccc2)C(=O)NC(C)C)cc1. The fourth-order valence-corrected chi connectivity index (χ4v) is 4.65. The molecule has 3 rings (SSSR count). The van der Waals surface area contributed by atoms with E-state index in [1.807, 2.05) is 68.4 Å². The maximum atomic E-state index is 13.6. The summed E-state index contributed by atoms with van der Waals surface area (Å²) in [6.45, 7) is 4.01. The highest BCUT2D eigenvalue weighted by Crippen LogP contribution is 2.20. The number of ether oxygens (including phenoxy) is 1. The lowest BCUT2D eigenvalue weighted by Gasteiger charge is -2.32. The molecule has 0 aliphatic heterocycles. The molecule has 0 fully saturated rings. The van der Waals surface area contributed by atoms with Crippen LogP contribution in [0.15, 0.2) is 78.9 Å². The summed E-state index contributed by atoms with van der Waals surface area (Å²) < 4.78 is 18.7. The second-order valence-corrected chi connectivity index (χ2v) is 9.84. The van der Waals surface area contributed by atoms with E-state index < -0.39 is 6.04 Å². The molecule has 3 aromatic carbocycles. The number of nitrogens with zero attached hydrogens (tertiary/aromatic N) is 1. The summed E-state index contributed by atoms with van der Waals surface area (Å²) in [7, 11) is 1.62. The zero-order chi connectivity index (χ0) is 25.9. The van der Waals surface area contributed by atoms with Crippen LogP contribution in [0.2, 0.25) is 0 Å². The van der Waals surface area contributed by atoms with Crippen LogP contribution in [-0.4, -0.2) is 41.7 Å². The fourth-order valence-electron chi connectivity index (χ4n) is 3.78. The number of hydrogen-bond acceptors (Lipinski definition) is 4. The Morgan fingerprint density at radius 3 is 2.17 bits per heavy atom. The molecule has 0 saturated heterocycles. The van der Waals surface area contributed by atoms with Crippen molar-refractivity contribution in [3.8, 4) is 5.75 Å². The zero-order valence-electron chi connectivity index (χ0n) is 20.9. The predicted molar refractivity (Wildman–Crippen MR) is 143 cm³/mol. The van der Waals surface area contributed by atoms with Gasteiger partial charge in [-0.15, -0.1) is 11.8 Å². The van der Waals surface area contributed by atoms with Crippen LogP contribution >= 0.6 is 11.8 Å². The van der Waals surface area contributed by atoms with Crippen molar-refractivity contribution in [2.45, 2.75) is 44.6 Å². The minimum absolute atomic E-state index is 0.0667. The Balaban J connectivity index is 1.81. The standard InChI is InChI=1S/C29H33FN2O3S/c1-21(2)31-29(34)27(17-22-7-5-4-6-8-22)32(18-23-9-13-25(30)14-10-23)28(33)20-36-19-24-11-15-26(35-3)16-12-24/h4-16,21,27H,17-20H2,1-3H3,(H,31,34)/t27-/m0/s1. The highest BCUT2D eigenvalue weighted by atomic mass is 32.2. The molecule has 36 heavy (non-hydrogen) atoms. The van der Waals surface area contributed by atoms with E-state index in [1.54, 1.807) is 24.1 Å². The van der Waals surface area contributed by atoms with Gasteiger partial charge in [-0.1, -0.05) is 54.6 Å². The van der Waals surface area contributed by atoms with Gasteiger partial charge in [0.2, 0.25) is 11.8 Å². The zero-order valence-corrected chi connectivity index (χ0v) is 21.8. The number of carbonyl (C=O) groups is 2. The van der Waals surface area contributed by atoms with Crippen molar-refractivity contribution < 1.29 is 18.7 Å². The Kier molecular flexibility index (Phi) is 10.4. The van der Waals surface area contributed by atoms with Gasteiger partial charge in [0.15, 0.2) is 0 Å². The first kappa shape index (κ1) is 27.3. The highest BCUT2D eigenvalue weighted by Gasteiger charge is 2.30. The van der Waals surface area contributed by atoms with Crippen molar-refractivity contribution in [2.75, 3.05) is 12.9 Å². The first-order chi connectivity index (χ1) is 17.4. The monoisotopic (exact) mass is 508 g/mol. The highest BCUT2D eigenvalue weighted by molar-refractivity contribution is 7.99. The van der Waals surface area contributed by atoms with E-state index in [0.717, 1.165) is 22.4 Å². The van der Waals surface area contributed by atoms with Crippen LogP contribution in [0.4, 0.5) is 4.39 Å². The maximum absolute atomic E-state index is 13.6. The molecule has 5 nitrogen and oxygen atoms in total. The molecule has 0 bridgehead atoms. The molecule has 3 aromatic rings. The molecule has 0 saturated carbocycles. The van der Waals surface area contributed by atoms with Gasteiger partial charge in [-0.2, -0.15) is 0 Å². The molecule has 0 unspecified atom stereocenters. The largest absolute Gasteiger partial charge is 0.497 e. The van der Waals surface area contributed by atoms with Gasteiger partial charge in [-0.25, -0.2) is 4.39 Å². The van der Waals surface area contributed by atoms with Crippen molar-refractivity contribution in [1.29, 1.82) is 0 Å². The van der Waals surface area contributed by atoms with Crippen LogP contribution in [0.1, 0.15) is 30.5 Å². The average molecular weight is 509 g/mol. The molecule has 7 heteroatoms. The summed E-state index contributed by atoms with van der Waals surface area (Å²) in [5, 5.41) is 2.97. The van der Waals surface area contributed by atoms with E-state index in [9.17, 15) is 14.0 Å². The lowest BCUT2D eigenvalue weighted by atomic mass is 10.0. The topological polar surface area (TPSA) is 58.6 Å². The van der Waals surface area contributed by atoms with Gasteiger partial charge in [0.05, 0.1) is 12.9 Å². The number of hydrogen-bond donors (Lipinski definition) is 1. The molecule has 0 aromatic heterocycles. The van der Waals surface area contributed by atoms with Crippen molar-refractivity contribution in [3.63, 3.8) is 0 Å². The Hall–Kier alpha value is -3.32. The summed E-state index contributed by atoms with van der Waals surface area (Å²) in [6.07, 6.45) is 0.384. The third-order valence-corrected chi connectivity index (χ3v) is 6.61. The Morgan fingerprint density at radius 1 is 0.917 bits per heavy atom. The molecular formula is C29H33FN2O3S. The van der Waals surface area contributed by atoms with E-state index in [0.29, 0.717) is 12.2 Å². The Morgan fingerprint density at radius 2 is 1.56 bits per heavy atom. The summed E-state index contributed by atoms with van der Waals surface area (Å²) in [6, 6.07) is 22.7. The van der Waals surface area contributed by atoms with Gasteiger partial charge in [-0.05, 0) is 54.8 Å². The number of halogens is 1. The lowest BCUT2D eigenvalue weighted by Crippen LogP contribution is -2.52. The molecule has 0 heterocycles. The quantitative estimate of drug-likeness (QED) is 0.364. The Bertz CT molecular complexity index is 1110. The number of methoxy groups -OCH3 is 1. The molecule has 0 aliphatic carbocycles. The maximum Gasteiger partial charge on any atom is 0.243 e. The van der Waals surface area contributed by atoms with Crippen molar-refractivity contribution >= 4 is 23.6 Å². The molecule has 0 radical (unpaired) electrons. The van der Waals surface area contributed by atoms with Crippen LogP contribution in [-0.2, 0) is 28.3 Å². The lowest BCUT2D eigenvalue weighted by molar-refractivity contribution is -0.139. The van der Waals surface area contributed by atoms with E-state index in [-0.39, 0.29) is 36.0 Å². The second-order valence-electron chi connectivity index (χ2n) is 8.86. The van der Waals surface area contributed by atoms with Crippen molar-refractivity contribution in [1.82, 2.24) is 10.2 Å². The summed E-state index contributed by atoms with van der Waals surface area (Å²) >= 11 is 1.49. The fraction of sp³-hybridized carbons (Fsp3) is 0.310. The number of carbonyl (C=O) groups excluding carboxylic acids is 2. The van der Waals surface area contributed by atoms with E-state index in [1.165, 1.54) is 23.9 Å². The minimum atomic E-state index is -0.700.